The van der Waals surface area contributed by atoms with Crippen LogP contribution in [0.4, 0.5) is 0 Å². The molecule has 0 radical (unpaired) electrons. The van der Waals surface area contributed by atoms with Crippen LogP contribution in [0, 0.1) is 5.92 Å². The summed E-state index contributed by atoms with van der Waals surface area (Å²) in [4.78, 5) is 14.2. The number of aliphatic hydroxyl groups excluding tert-OH is 1. The third-order valence-corrected chi connectivity index (χ3v) is 5.04. The molecule has 0 amide bonds. The molecule has 2 aliphatic rings. The molecule has 1 aliphatic carbocycles. The fourth-order valence-electron chi connectivity index (χ4n) is 3.78. The van der Waals surface area contributed by atoms with Crippen molar-refractivity contribution >= 4 is 18.4 Å². The predicted octanol–water partition coefficient (Wildman–Crippen LogP) is 2.21. The number of hydrogen-bond donors (Lipinski definition) is 1. The van der Waals surface area contributed by atoms with Gasteiger partial charge in [-0.15, -0.1) is 12.4 Å². The number of likely N-dealkylation sites (tertiary alicyclic amines) is 1. The Labute approximate surface area is 144 Å². The van der Waals surface area contributed by atoms with E-state index in [9.17, 15) is 9.90 Å². The largest absolute Gasteiger partial charge is 0.466 e. The van der Waals surface area contributed by atoms with Crippen LogP contribution in [0.1, 0.15) is 30.9 Å². The molecule has 1 N–H and O–H groups in total. The van der Waals surface area contributed by atoms with Crippen LogP contribution in [-0.2, 0) is 22.4 Å². The fourth-order valence-corrected chi connectivity index (χ4v) is 3.78. The summed E-state index contributed by atoms with van der Waals surface area (Å²) in [7, 11) is 0. The topological polar surface area (TPSA) is 49.8 Å². The third-order valence-electron chi connectivity index (χ3n) is 5.04. The molecule has 1 saturated heterocycles. The summed E-state index contributed by atoms with van der Waals surface area (Å²) in [6.45, 7) is 4.04. The second-order valence-electron chi connectivity index (χ2n) is 6.37. The van der Waals surface area contributed by atoms with Crippen molar-refractivity contribution < 1.29 is 14.6 Å². The van der Waals surface area contributed by atoms with Gasteiger partial charge in [0.25, 0.3) is 0 Å². The molecular weight excluding hydrogens is 314 g/mol. The lowest BCUT2D eigenvalue weighted by Crippen LogP contribution is -2.51. The first-order valence-corrected chi connectivity index (χ1v) is 8.34. The number of aliphatic hydroxyl groups is 1. The minimum atomic E-state index is -0.311. The van der Waals surface area contributed by atoms with Crippen LogP contribution in [0.3, 0.4) is 0 Å². The van der Waals surface area contributed by atoms with E-state index in [0.717, 1.165) is 38.8 Å². The van der Waals surface area contributed by atoms with Crippen LogP contribution < -0.4 is 0 Å². The highest BCUT2D eigenvalue weighted by Gasteiger charge is 2.35. The molecular formula is C18H26ClNO3. The molecule has 1 aromatic carbocycles. The molecule has 0 spiro atoms. The maximum atomic E-state index is 11.8. The molecule has 1 aliphatic heterocycles. The number of piperidine rings is 1. The summed E-state index contributed by atoms with van der Waals surface area (Å²) in [5.74, 6) is -0.0269. The molecule has 0 aromatic heterocycles. The molecule has 1 aromatic rings. The van der Waals surface area contributed by atoms with E-state index < -0.39 is 0 Å². The van der Waals surface area contributed by atoms with Crippen LogP contribution >= 0.6 is 12.4 Å². The maximum absolute atomic E-state index is 11.8. The van der Waals surface area contributed by atoms with Gasteiger partial charge in [0, 0.05) is 12.5 Å². The zero-order valence-electron chi connectivity index (χ0n) is 13.6. The minimum Gasteiger partial charge on any atom is -0.466 e. The van der Waals surface area contributed by atoms with Gasteiger partial charge in [0.2, 0.25) is 0 Å². The van der Waals surface area contributed by atoms with Gasteiger partial charge in [0.1, 0.15) is 0 Å². The van der Waals surface area contributed by atoms with Crippen molar-refractivity contribution in [2.45, 2.75) is 44.8 Å². The van der Waals surface area contributed by atoms with Crippen molar-refractivity contribution in [1.82, 2.24) is 4.90 Å². The summed E-state index contributed by atoms with van der Waals surface area (Å²) in [6, 6.07) is 8.57. The van der Waals surface area contributed by atoms with Crippen LogP contribution in [0.15, 0.2) is 24.3 Å². The number of esters is 1. The van der Waals surface area contributed by atoms with Gasteiger partial charge >= 0.3 is 5.97 Å². The zero-order valence-corrected chi connectivity index (χ0v) is 14.4. The Morgan fingerprint density at radius 1 is 1.22 bits per heavy atom. The Balaban J connectivity index is 0.00000192. The molecule has 3 rings (SSSR count). The standard InChI is InChI=1S/C18H25NO3.ClH/c1-2-22-18(21)13-7-9-19(10-8-13)16-11-14-5-3-4-6-15(14)12-17(16)20;/h3-6,13,16-17,20H,2,7-12H2,1H3;1H/t16-,17-;/m1./s1. The van der Waals surface area contributed by atoms with Gasteiger partial charge in [-0.05, 0) is 50.4 Å². The lowest BCUT2D eigenvalue weighted by Gasteiger charge is -2.41. The van der Waals surface area contributed by atoms with Crippen molar-refractivity contribution in [2.24, 2.45) is 5.92 Å². The first-order chi connectivity index (χ1) is 10.7. The molecule has 0 saturated carbocycles. The number of rotatable bonds is 3. The number of ether oxygens (including phenoxy) is 1. The van der Waals surface area contributed by atoms with Gasteiger partial charge in [-0.25, -0.2) is 0 Å². The first-order valence-electron chi connectivity index (χ1n) is 8.34. The first kappa shape index (κ1) is 18.2. The summed E-state index contributed by atoms with van der Waals surface area (Å²) >= 11 is 0. The number of nitrogens with zero attached hydrogens (tertiary/aromatic N) is 1. The van der Waals surface area contributed by atoms with E-state index in [-0.39, 0.29) is 36.4 Å². The third kappa shape index (κ3) is 4.06. The van der Waals surface area contributed by atoms with E-state index in [4.69, 9.17) is 4.74 Å². The maximum Gasteiger partial charge on any atom is 0.309 e. The molecule has 0 bridgehead atoms. The number of benzene rings is 1. The number of halogens is 1. The lowest BCUT2D eigenvalue weighted by molar-refractivity contribution is -0.150. The number of carbonyl (C=O) groups excluding carboxylic acids is 1. The number of fused-ring (bicyclic) bond motifs is 1. The van der Waals surface area contributed by atoms with Crippen molar-refractivity contribution in [3.8, 4) is 0 Å². The van der Waals surface area contributed by atoms with Crippen molar-refractivity contribution in [3.63, 3.8) is 0 Å². The number of hydrogen-bond acceptors (Lipinski definition) is 4. The molecule has 4 nitrogen and oxygen atoms in total. The van der Waals surface area contributed by atoms with Gasteiger partial charge in [-0.2, -0.15) is 0 Å². The van der Waals surface area contributed by atoms with Crippen molar-refractivity contribution in [2.75, 3.05) is 19.7 Å². The summed E-state index contributed by atoms with van der Waals surface area (Å²) in [5, 5.41) is 10.5. The van der Waals surface area contributed by atoms with E-state index in [1.165, 1.54) is 11.1 Å². The molecule has 1 heterocycles. The van der Waals surface area contributed by atoms with E-state index in [0.29, 0.717) is 6.61 Å². The normalized spacial score (nSPS) is 25.3. The Bertz CT molecular complexity index is 529. The summed E-state index contributed by atoms with van der Waals surface area (Å²) < 4.78 is 5.12. The van der Waals surface area contributed by atoms with Gasteiger partial charge in [0.05, 0.1) is 18.6 Å². The predicted molar refractivity (Wildman–Crippen MR) is 91.8 cm³/mol. The van der Waals surface area contributed by atoms with Crippen LogP contribution in [0.2, 0.25) is 0 Å². The van der Waals surface area contributed by atoms with E-state index in [1.807, 2.05) is 13.0 Å². The SMILES string of the molecule is CCOC(=O)C1CCN([C@@H]2Cc3ccccc3C[C@H]2O)CC1.Cl. The zero-order chi connectivity index (χ0) is 15.5. The molecule has 0 unspecified atom stereocenters. The second-order valence-corrected chi connectivity index (χ2v) is 6.37. The Morgan fingerprint density at radius 3 is 2.43 bits per heavy atom. The van der Waals surface area contributed by atoms with Gasteiger partial charge in [0.15, 0.2) is 0 Å². The van der Waals surface area contributed by atoms with Crippen LogP contribution in [0.25, 0.3) is 0 Å². The van der Waals surface area contributed by atoms with E-state index in [1.54, 1.807) is 0 Å². The average molecular weight is 340 g/mol. The van der Waals surface area contributed by atoms with Crippen molar-refractivity contribution in [3.05, 3.63) is 35.4 Å². The van der Waals surface area contributed by atoms with E-state index >= 15 is 0 Å². The molecule has 2 atom stereocenters. The molecule has 128 valence electrons. The Hall–Kier alpha value is -1.10. The van der Waals surface area contributed by atoms with Gasteiger partial charge < -0.3 is 9.84 Å². The highest BCUT2D eigenvalue weighted by Crippen LogP contribution is 2.28. The molecule has 23 heavy (non-hydrogen) atoms. The Morgan fingerprint density at radius 2 is 1.83 bits per heavy atom. The fraction of sp³-hybridized carbons (Fsp3) is 0.611. The second kappa shape index (κ2) is 8.13. The minimum absolute atomic E-state index is 0. The highest BCUT2D eigenvalue weighted by molar-refractivity contribution is 5.85. The van der Waals surface area contributed by atoms with Crippen molar-refractivity contribution in [1.29, 1.82) is 0 Å². The lowest BCUT2D eigenvalue weighted by atomic mass is 9.84. The molecule has 5 heteroatoms. The Kier molecular flexibility index (Phi) is 6.45. The quantitative estimate of drug-likeness (QED) is 0.858. The van der Waals surface area contributed by atoms with Gasteiger partial charge in [-0.3, -0.25) is 9.69 Å². The highest BCUT2D eigenvalue weighted by atomic mass is 35.5. The van der Waals surface area contributed by atoms with Crippen LogP contribution in [0.5, 0.6) is 0 Å². The molecule has 1 fully saturated rings. The summed E-state index contributed by atoms with van der Waals surface area (Å²) in [6.07, 6.45) is 3.00. The number of carbonyl (C=O) groups is 1. The summed E-state index contributed by atoms with van der Waals surface area (Å²) in [5.41, 5.74) is 2.62. The monoisotopic (exact) mass is 339 g/mol. The van der Waals surface area contributed by atoms with E-state index in [2.05, 4.69) is 23.1 Å². The average Bonchev–Trinajstić information content (AvgIpc) is 2.54. The van der Waals surface area contributed by atoms with Crippen LogP contribution in [-0.4, -0.2) is 47.8 Å². The van der Waals surface area contributed by atoms with Gasteiger partial charge in [-0.1, -0.05) is 24.3 Å². The smallest absolute Gasteiger partial charge is 0.309 e.